The Morgan fingerprint density at radius 2 is 1.64 bits per heavy atom. The molecule has 1 heterocycles. The van der Waals surface area contributed by atoms with Gasteiger partial charge in [0.1, 0.15) is 0 Å². The first kappa shape index (κ1) is 17.5. The molecule has 0 spiro atoms. The summed E-state index contributed by atoms with van der Waals surface area (Å²) in [7, 11) is 2.31. The zero-order chi connectivity index (χ0) is 16.8. The molecule has 2 rings (SSSR count). The third-order valence-corrected chi connectivity index (χ3v) is 6.13. The maximum Gasteiger partial charge on any atom is 0.0130 e. The first-order chi connectivity index (χ1) is 10.2. The monoisotopic (exact) mass is 301 g/mol. The molecule has 0 saturated heterocycles. The molecular weight excluding hydrogens is 266 g/mol. The average molecular weight is 302 g/mol. The van der Waals surface area contributed by atoms with Crippen LogP contribution in [0.25, 0.3) is 0 Å². The summed E-state index contributed by atoms with van der Waals surface area (Å²) in [6, 6.07) is 3.07. The highest BCUT2D eigenvalue weighted by Gasteiger charge is 2.34. The van der Waals surface area contributed by atoms with E-state index in [4.69, 9.17) is 0 Å². The Balaban J connectivity index is 2.81. The van der Waals surface area contributed by atoms with Gasteiger partial charge in [-0.2, -0.15) is 0 Å². The lowest BCUT2D eigenvalue weighted by atomic mass is 9.75. The lowest BCUT2D eigenvalue weighted by molar-refractivity contribution is 0.216. The topological polar surface area (TPSA) is 3.24 Å². The number of hydrogen-bond donors (Lipinski definition) is 0. The van der Waals surface area contributed by atoms with Gasteiger partial charge in [-0.25, -0.2) is 0 Å². The van der Waals surface area contributed by atoms with Crippen molar-refractivity contribution in [2.24, 2.45) is 5.92 Å². The van der Waals surface area contributed by atoms with Crippen LogP contribution < -0.4 is 0 Å². The second kappa shape index (κ2) is 6.35. The Morgan fingerprint density at radius 1 is 1.05 bits per heavy atom. The molecule has 0 amide bonds. The van der Waals surface area contributed by atoms with Gasteiger partial charge in [-0.3, -0.25) is 0 Å². The van der Waals surface area contributed by atoms with Crippen molar-refractivity contribution in [3.8, 4) is 0 Å². The lowest BCUT2D eigenvalue weighted by Gasteiger charge is -2.30. The molecular formula is C21H35N. The fourth-order valence-corrected chi connectivity index (χ4v) is 4.20. The molecule has 1 nitrogen and oxygen atoms in total. The highest BCUT2D eigenvalue weighted by molar-refractivity contribution is 5.51. The molecule has 1 aliphatic heterocycles. The van der Waals surface area contributed by atoms with Gasteiger partial charge in [0.05, 0.1) is 0 Å². The minimum atomic E-state index is 0.597. The zero-order valence-electron chi connectivity index (χ0n) is 16.1. The number of hydrogen-bond acceptors (Lipinski definition) is 1. The largest absolute Gasteiger partial charge is 0.302 e. The summed E-state index contributed by atoms with van der Waals surface area (Å²) in [5, 5.41) is 0. The molecule has 3 atom stereocenters. The van der Waals surface area contributed by atoms with Crippen molar-refractivity contribution < 1.29 is 0 Å². The molecule has 0 aromatic heterocycles. The van der Waals surface area contributed by atoms with Crippen molar-refractivity contribution in [2.45, 2.75) is 79.2 Å². The second-order valence-corrected chi connectivity index (χ2v) is 8.21. The molecule has 1 heteroatoms. The van der Waals surface area contributed by atoms with Crippen LogP contribution in [0.5, 0.6) is 0 Å². The van der Waals surface area contributed by atoms with Crippen molar-refractivity contribution in [3.05, 3.63) is 33.9 Å². The van der Waals surface area contributed by atoms with E-state index in [0.29, 0.717) is 29.7 Å². The van der Waals surface area contributed by atoms with Gasteiger partial charge >= 0.3 is 0 Å². The number of aryl methyl sites for hydroxylation is 1. The lowest BCUT2D eigenvalue weighted by Crippen LogP contribution is -2.34. The smallest absolute Gasteiger partial charge is 0.0130 e. The minimum absolute atomic E-state index is 0.597. The summed E-state index contributed by atoms with van der Waals surface area (Å²) in [5.41, 5.74) is 7.91. The van der Waals surface area contributed by atoms with Gasteiger partial charge in [0.2, 0.25) is 0 Å². The summed E-state index contributed by atoms with van der Waals surface area (Å²) in [5.74, 6) is 2.52. The number of fused-ring (bicyclic) bond motifs is 1. The standard InChI is InChI=1S/C21H35N/c1-12(2)18-10-14(5)15(6)20-16(7)17(8)22(9)11-19(13(3)4)21(18)20/h10,12-13,16-17,19H,11H2,1-9H3/t16-,17+,19?/m1/s1. The van der Waals surface area contributed by atoms with Crippen LogP contribution in [-0.4, -0.2) is 24.5 Å². The summed E-state index contributed by atoms with van der Waals surface area (Å²) >= 11 is 0. The molecule has 0 saturated carbocycles. The number of nitrogens with zero attached hydrogens (tertiary/aromatic N) is 1. The molecule has 1 unspecified atom stereocenters. The molecule has 1 aromatic rings. The Kier molecular flexibility index (Phi) is 5.06. The summed E-state index contributed by atoms with van der Waals surface area (Å²) in [6.45, 7) is 20.1. The van der Waals surface area contributed by atoms with Crippen molar-refractivity contribution in [2.75, 3.05) is 13.6 Å². The highest BCUT2D eigenvalue weighted by atomic mass is 15.1. The molecule has 0 radical (unpaired) electrons. The normalized spacial score (nSPS) is 26.4. The number of rotatable bonds is 2. The van der Waals surface area contributed by atoms with Gasteiger partial charge in [0.15, 0.2) is 0 Å². The molecule has 1 aromatic carbocycles. The predicted octanol–water partition coefficient (Wildman–Crippen LogP) is 5.60. The number of likely N-dealkylation sites (N-methyl/N-ethyl adjacent to an activating group) is 1. The van der Waals surface area contributed by atoms with Gasteiger partial charge < -0.3 is 4.90 Å². The van der Waals surface area contributed by atoms with E-state index in [1.807, 2.05) is 0 Å². The van der Waals surface area contributed by atoms with Crippen molar-refractivity contribution in [1.82, 2.24) is 4.90 Å². The summed E-state index contributed by atoms with van der Waals surface area (Å²) in [6.07, 6.45) is 0. The van der Waals surface area contributed by atoms with Gasteiger partial charge in [-0.05, 0) is 79.3 Å². The first-order valence-electron chi connectivity index (χ1n) is 9.00. The fourth-order valence-electron chi connectivity index (χ4n) is 4.20. The van der Waals surface area contributed by atoms with Crippen LogP contribution in [-0.2, 0) is 0 Å². The zero-order valence-corrected chi connectivity index (χ0v) is 16.1. The fraction of sp³-hybridized carbons (Fsp3) is 0.714. The van der Waals surface area contributed by atoms with Gasteiger partial charge in [0.25, 0.3) is 0 Å². The van der Waals surface area contributed by atoms with Crippen molar-refractivity contribution in [3.63, 3.8) is 0 Å². The molecule has 0 N–H and O–H groups in total. The van der Waals surface area contributed by atoms with E-state index in [2.05, 4.69) is 73.4 Å². The predicted molar refractivity (Wildman–Crippen MR) is 98.1 cm³/mol. The van der Waals surface area contributed by atoms with E-state index < -0.39 is 0 Å². The Hall–Kier alpha value is -0.820. The number of benzene rings is 1. The van der Waals surface area contributed by atoms with E-state index >= 15 is 0 Å². The van der Waals surface area contributed by atoms with E-state index in [1.165, 1.54) is 17.7 Å². The van der Waals surface area contributed by atoms with Gasteiger partial charge in [-0.15, -0.1) is 0 Å². The van der Waals surface area contributed by atoms with Crippen molar-refractivity contribution >= 4 is 0 Å². The summed E-state index contributed by atoms with van der Waals surface area (Å²) < 4.78 is 0. The van der Waals surface area contributed by atoms with Crippen LogP contribution in [0.2, 0.25) is 0 Å². The Labute approximate surface area is 138 Å². The first-order valence-corrected chi connectivity index (χ1v) is 9.00. The quantitative estimate of drug-likeness (QED) is 0.687. The van der Waals surface area contributed by atoms with Crippen LogP contribution in [0.4, 0.5) is 0 Å². The third kappa shape index (κ3) is 2.85. The highest BCUT2D eigenvalue weighted by Crippen LogP contribution is 2.44. The van der Waals surface area contributed by atoms with E-state index in [-0.39, 0.29) is 0 Å². The van der Waals surface area contributed by atoms with Gasteiger partial charge in [-0.1, -0.05) is 40.7 Å². The van der Waals surface area contributed by atoms with Crippen molar-refractivity contribution in [1.29, 1.82) is 0 Å². The Bertz CT molecular complexity index is 541. The molecule has 0 fully saturated rings. The van der Waals surface area contributed by atoms with Crippen LogP contribution >= 0.6 is 0 Å². The van der Waals surface area contributed by atoms with Crippen LogP contribution in [0.1, 0.15) is 87.1 Å². The third-order valence-electron chi connectivity index (χ3n) is 6.13. The van der Waals surface area contributed by atoms with Crippen LogP contribution in [0.3, 0.4) is 0 Å². The summed E-state index contributed by atoms with van der Waals surface area (Å²) in [4.78, 5) is 2.58. The molecule has 22 heavy (non-hydrogen) atoms. The Morgan fingerprint density at radius 3 is 2.14 bits per heavy atom. The maximum absolute atomic E-state index is 2.58. The average Bonchev–Trinajstić information content (AvgIpc) is 2.53. The maximum atomic E-state index is 2.58. The molecule has 0 bridgehead atoms. The van der Waals surface area contributed by atoms with E-state index in [0.717, 1.165) is 0 Å². The van der Waals surface area contributed by atoms with Crippen LogP contribution in [0.15, 0.2) is 6.07 Å². The SMILES string of the molecule is Cc1cc(C(C)C)c2c(c1C)[C@H](C)[C@H](C)N(C)CC2C(C)C. The minimum Gasteiger partial charge on any atom is -0.302 e. The van der Waals surface area contributed by atoms with E-state index in [9.17, 15) is 0 Å². The second-order valence-electron chi connectivity index (χ2n) is 8.21. The van der Waals surface area contributed by atoms with Crippen LogP contribution in [0, 0.1) is 19.8 Å². The van der Waals surface area contributed by atoms with Gasteiger partial charge in [0, 0.05) is 12.6 Å². The molecule has 1 aliphatic rings. The van der Waals surface area contributed by atoms with E-state index in [1.54, 1.807) is 16.7 Å². The molecule has 124 valence electrons. The molecule has 0 aliphatic carbocycles.